The van der Waals surface area contributed by atoms with Crippen molar-refractivity contribution in [1.82, 2.24) is 14.9 Å². The number of aliphatic carboxylic acids is 1. The first-order valence-corrected chi connectivity index (χ1v) is 18.8. The molecule has 1 aromatic heterocycles. The van der Waals surface area contributed by atoms with Crippen molar-refractivity contribution in [3.05, 3.63) is 30.9 Å². The topological polar surface area (TPSA) is 106 Å². The molecule has 0 bridgehead atoms. The molecule has 0 fully saturated rings. The van der Waals surface area contributed by atoms with Crippen molar-refractivity contribution in [3.8, 4) is 6.01 Å². The lowest BCUT2D eigenvalue weighted by atomic mass is 9.90. The van der Waals surface area contributed by atoms with Crippen LogP contribution >= 0.6 is 0 Å². The first kappa shape index (κ1) is 41.6. The fourth-order valence-electron chi connectivity index (χ4n) is 5.38. The van der Waals surface area contributed by atoms with Gasteiger partial charge in [-0.1, -0.05) is 103 Å². The zero-order valence-electron chi connectivity index (χ0n) is 30.5. The lowest BCUT2D eigenvalue weighted by molar-refractivity contribution is -0.460. The Kier molecular flexibility index (Phi) is 23.7. The monoisotopic (exact) mass is 676 g/mol. The summed E-state index contributed by atoms with van der Waals surface area (Å²) in [5, 5.41) is 9.29. The van der Waals surface area contributed by atoms with Crippen molar-refractivity contribution < 1.29 is 33.4 Å². The standard InChI is InChI=1S/C38H66N4O6/c1-4-5-6-7-8-9-10-11-12-13-14-15-16-17-18-19-28-46-32-35(48-37-39-22-20-23-40-37)33-47-31-30-45-29-27-42-26-25-41(34-42)24-21-38(2,3)36(43)44/h20,22-26,35H,4-19,21,27-34H2,1-3H3/p+1. The molecule has 48 heavy (non-hydrogen) atoms. The van der Waals surface area contributed by atoms with Crippen molar-refractivity contribution in [2.24, 2.45) is 5.41 Å². The van der Waals surface area contributed by atoms with Crippen molar-refractivity contribution in [2.45, 2.75) is 136 Å². The molecular weight excluding hydrogens is 608 g/mol. The van der Waals surface area contributed by atoms with Crippen LogP contribution in [0.15, 0.2) is 30.9 Å². The highest BCUT2D eigenvalue weighted by Gasteiger charge is 2.28. The summed E-state index contributed by atoms with van der Waals surface area (Å²) in [6, 6.07) is 2.09. The second kappa shape index (κ2) is 27.3. The third-order valence-electron chi connectivity index (χ3n) is 8.69. The number of carbonyl (C=O) groups is 1. The molecule has 0 saturated carbocycles. The first-order valence-electron chi connectivity index (χ1n) is 18.8. The van der Waals surface area contributed by atoms with Crippen molar-refractivity contribution in [1.29, 1.82) is 0 Å². The second-order valence-corrected chi connectivity index (χ2v) is 13.7. The SMILES string of the molecule is CCCCCCCCCCCCCCCCCCOCC(COCCOCCN1C=C[N+](=CCC(C)(C)C(=O)O)C1)Oc1ncccn1. The van der Waals surface area contributed by atoms with Gasteiger partial charge in [0.15, 0.2) is 6.20 Å². The minimum atomic E-state index is -0.793. The predicted molar refractivity (Wildman–Crippen MR) is 192 cm³/mol. The van der Waals surface area contributed by atoms with E-state index in [1.165, 1.54) is 96.3 Å². The predicted octanol–water partition coefficient (Wildman–Crippen LogP) is 7.86. The molecule has 1 unspecified atom stereocenters. The van der Waals surface area contributed by atoms with Gasteiger partial charge in [-0.3, -0.25) is 4.79 Å². The van der Waals surface area contributed by atoms with Crippen LogP contribution in [0.5, 0.6) is 6.01 Å². The molecule has 0 spiro atoms. The number of hydrogen-bond acceptors (Lipinski definition) is 8. The molecule has 0 saturated heterocycles. The largest absolute Gasteiger partial charge is 0.481 e. The maximum atomic E-state index is 11.3. The number of hydrogen-bond donors (Lipinski definition) is 1. The van der Waals surface area contributed by atoms with Crippen LogP contribution < -0.4 is 4.74 Å². The van der Waals surface area contributed by atoms with Gasteiger partial charge in [0.2, 0.25) is 6.67 Å². The van der Waals surface area contributed by atoms with E-state index in [9.17, 15) is 9.90 Å². The van der Waals surface area contributed by atoms with Crippen LogP contribution in [0, 0.1) is 5.41 Å². The third-order valence-corrected chi connectivity index (χ3v) is 8.69. The van der Waals surface area contributed by atoms with E-state index in [1.54, 1.807) is 32.3 Å². The highest BCUT2D eigenvalue weighted by atomic mass is 16.6. The van der Waals surface area contributed by atoms with E-state index >= 15 is 0 Å². The molecule has 0 aromatic carbocycles. The van der Waals surface area contributed by atoms with Crippen LogP contribution in [0.2, 0.25) is 0 Å². The zero-order valence-corrected chi connectivity index (χ0v) is 30.5. The first-order chi connectivity index (χ1) is 23.4. The summed E-state index contributed by atoms with van der Waals surface area (Å²) in [6.07, 6.45) is 31.1. The van der Waals surface area contributed by atoms with Crippen LogP contribution in [-0.4, -0.2) is 95.7 Å². The van der Waals surface area contributed by atoms with Crippen LogP contribution in [0.3, 0.4) is 0 Å². The van der Waals surface area contributed by atoms with Crippen LogP contribution in [-0.2, 0) is 19.0 Å². The van der Waals surface area contributed by atoms with Gasteiger partial charge in [0.1, 0.15) is 12.3 Å². The minimum Gasteiger partial charge on any atom is -0.481 e. The highest BCUT2D eigenvalue weighted by molar-refractivity contribution is 5.77. The van der Waals surface area contributed by atoms with E-state index in [1.807, 2.05) is 23.2 Å². The van der Waals surface area contributed by atoms with Crippen molar-refractivity contribution in [3.63, 3.8) is 0 Å². The Morgan fingerprint density at radius 3 is 1.96 bits per heavy atom. The number of aromatic nitrogens is 2. The molecular formula is C38H67N4O6+. The number of carboxylic acids is 1. The molecule has 10 nitrogen and oxygen atoms in total. The number of carboxylic acid groups (broad SMARTS) is 1. The lowest BCUT2D eigenvalue weighted by Gasteiger charge is -2.18. The summed E-state index contributed by atoms with van der Waals surface area (Å²) in [6.45, 7) is 10.2. The van der Waals surface area contributed by atoms with Gasteiger partial charge >= 0.3 is 12.0 Å². The molecule has 0 amide bonds. The van der Waals surface area contributed by atoms with Crippen LogP contribution in [0.25, 0.3) is 0 Å². The molecule has 0 aliphatic carbocycles. The fraction of sp³-hybridized carbons (Fsp3) is 0.789. The van der Waals surface area contributed by atoms with Gasteiger partial charge in [-0.2, -0.15) is 4.58 Å². The molecule has 1 aliphatic rings. The van der Waals surface area contributed by atoms with Crippen LogP contribution in [0.1, 0.15) is 130 Å². The highest BCUT2D eigenvalue weighted by Crippen LogP contribution is 2.19. The van der Waals surface area contributed by atoms with E-state index in [2.05, 4.69) is 21.8 Å². The summed E-state index contributed by atoms with van der Waals surface area (Å²) in [5.74, 6) is -0.793. The van der Waals surface area contributed by atoms with E-state index in [0.717, 1.165) is 13.0 Å². The number of unbranched alkanes of at least 4 members (excludes halogenated alkanes) is 15. The quantitative estimate of drug-likeness (QED) is 0.0603. The minimum absolute atomic E-state index is 0.295. The molecule has 2 rings (SSSR count). The summed E-state index contributed by atoms with van der Waals surface area (Å²) < 4.78 is 25.5. The maximum Gasteiger partial charge on any atom is 0.316 e. The summed E-state index contributed by atoms with van der Waals surface area (Å²) in [7, 11) is 0. The molecule has 1 atom stereocenters. The Hall–Kier alpha value is -2.56. The van der Waals surface area contributed by atoms with Gasteiger partial charge in [-0.05, 0) is 26.3 Å². The Labute approximate surface area is 291 Å². The normalized spacial score (nSPS) is 14.6. The fourth-order valence-corrected chi connectivity index (χ4v) is 5.38. The Morgan fingerprint density at radius 2 is 1.38 bits per heavy atom. The molecule has 1 aliphatic heterocycles. The van der Waals surface area contributed by atoms with Gasteiger partial charge in [0.25, 0.3) is 0 Å². The molecule has 0 radical (unpaired) electrons. The Morgan fingerprint density at radius 1 is 0.833 bits per heavy atom. The van der Waals surface area contributed by atoms with Crippen LogP contribution in [0.4, 0.5) is 0 Å². The Balaban J connectivity index is 1.47. The average molecular weight is 676 g/mol. The molecule has 1 aromatic rings. The second-order valence-electron chi connectivity index (χ2n) is 13.7. The lowest BCUT2D eigenvalue weighted by Crippen LogP contribution is -2.30. The van der Waals surface area contributed by atoms with Gasteiger partial charge in [-0.25, -0.2) is 9.97 Å². The molecule has 1 N–H and O–H groups in total. The van der Waals surface area contributed by atoms with E-state index in [-0.39, 0.29) is 6.10 Å². The van der Waals surface area contributed by atoms with Gasteiger partial charge in [-0.15, -0.1) is 0 Å². The zero-order chi connectivity index (χ0) is 34.5. The van der Waals surface area contributed by atoms with Gasteiger partial charge in [0.05, 0.1) is 44.6 Å². The smallest absolute Gasteiger partial charge is 0.316 e. The molecule has 2 heterocycles. The molecule has 10 heteroatoms. The van der Waals surface area contributed by atoms with E-state index < -0.39 is 11.4 Å². The number of rotatable bonds is 32. The van der Waals surface area contributed by atoms with Crippen molar-refractivity contribution >= 4 is 12.2 Å². The average Bonchev–Trinajstić information content (AvgIpc) is 3.54. The summed E-state index contributed by atoms with van der Waals surface area (Å²) >= 11 is 0. The Bertz CT molecular complexity index is 991. The number of ether oxygens (including phenoxy) is 4. The summed E-state index contributed by atoms with van der Waals surface area (Å²) in [5.41, 5.74) is -0.778. The van der Waals surface area contributed by atoms with E-state index in [0.29, 0.717) is 58.7 Å². The third kappa shape index (κ3) is 21.4. The van der Waals surface area contributed by atoms with Gasteiger partial charge < -0.3 is 29.0 Å². The number of nitrogens with zero attached hydrogens (tertiary/aromatic N) is 4. The maximum absolute atomic E-state index is 11.3. The summed E-state index contributed by atoms with van der Waals surface area (Å²) in [4.78, 5) is 21.8. The van der Waals surface area contributed by atoms with Crippen molar-refractivity contribution in [2.75, 3.05) is 52.9 Å². The van der Waals surface area contributed by atoms with Gasteiger partial charge in [0, 0.05) is 32.0 Å². The van der Waals surface area contributed by atoms with E-state index in [4.69, 9.17) is 18.9 Å². The molecule has 274 valence electrons.